The van der Waals surface area contributed by atoms with Crippen molar-refractivity contribution in [2.45, 2.75) is 20.8 Å². The van der Waals surface area contributed by atoms with E-state index in [4.69, 9.17) is 11.6 Å². The van der Waals surface area contributed by atoms with Gasteiger partial charge >= 0.3 is 0 Å². The molecule has 1 N–H and O–H groups in total. The third-order valence-corrected chi connectivity index (χ3v) is 2.54. The quantitative estimate of drug-likeness (QED) is 0.926. The molecule has 0 saturated carbocycles. The van der Waals surface area contributed by atoms with E-state index in [0.29, 0.717) is 16.5 Å². The number of aromatic nitrogens is 2. The van der Waals surface area contributed by atoms with Crippen LogP contribution in [-0.2, 0) is 4.79 Å². The van der Waals surface area contributed by atoms with Crippen LogP contribution in [0.5, 0.6) is 0 Å². The zero-order chi connectivity index (χ0) is 14.6. The molecule has 0 aromatic carbocycles. The summed E-state index contributed by atoms with van der Waals surface area (Å²) in [4.78, 5) is 13.7. The minimum absolute atomic E-state index is 0.119. The topological polar surface area (TPSA) is 58.1 Å². The fraction of sp³-hybridized carbons (Fsp3) is 0.462. The molecule has 0 saturated heterocycles. The number of nitrogens with zero attached hydrogens (tertiary/aromatic N) is 3. The van der Waals surface area contributed by atoms with Gasteiger partial charge in [-0.3, -0.25) is 4.79 Å². The van der Waals surface area contributed by atoms with Crippen molar-refractivity contribution in [2.75, 3.05) is 19.4 Å². The molecular weight excluding hydrogens is 264 g/mol. The molecule has 0 unspecified atom stereocenters. The van der Waals surface area contributed by atoms with Crippen LogP contribution in [-0.4, -0.2) is 35.1 Å². The van der Waals surface area contributed by atoms with Crippen LogP contribution in [0.25, 0.3) is 6.08 Å². The Kier molecular flexibility index (Phi) is 4.89. The maximum absolute atomic E-state index is 11.9. The van der Waals surface area contributed by atoms with Crippen LogP contribution in [0, 0.1) is 5.41 Å². The minimum Gasteiger partial charge on any atom is -0.383 e. The summed E-state index contributed by atoms with van der Waals surface area (Å²) in [6.45, 7) is 5.50. The average molecular weight is 283 g/mol. The highest BCUT2D eigenvalue weighted by molar-refractivity contribution is 6.30. The Morgan fingerprint density at radius 2 is 2.00 bits per heavy atom. The molecule has 1 rings (SSSR count). The summed E-state index contributed by atoms with van der Waals surface area (Å²) in [5, 5.41) is 10.7. The van der Waals surface area contributed by atoms with Crippen molar-refractivity contribution >= 4 is 29.4 Å². The van der Waals surface area contributed by atoms with Crippen molar-refractivity contribution in [3.05, 3.63) is 23.0 Å². The van der Waals surface area contributed by atoms with Crippen LogP contribution < -0.4 is 5.32 Å². The van der Waals surface area contributed by atoms with E-state index in [1.807, 2.05) is 52.0 Å². The van der Waals surface area contributed by atoms with Gasteiger partial charge in [-0.2, -0.15) is 0 Å². The second kappa shape index (κ2) is 6.02. The summed E-state index contributed by atoms with van der Waals surface area (Å²) in [5.74, 6) is 0.273. The third-order valence-electron chi connectivity index (χ3n) is 2.25. The van der Waals surface area contributed by atoms with Gasteiger partial charge in [-0.1, -0.05) is 32.4 Å². The largest absolute Gasteiger partial charge is 0.383 e. The zero-order valence-electron chi connectivity index (χ0n) is 11.9. The molecule has 0 spiro atoms. The fourth-order valence-electron chi connectivity index (χ4n) is 1.10. The first kappa shape index (κ1) is 15.4. The first-order valence-electron chi connectivity index (χ1n) is 5.89. The lowest BCUT2D eigenvalue weighted by atomic mass is 9.96. The normalized spacial score (nSPS) is 11.7. The lowest BCUT2D eigenvalue weighted by molar-refractivity contribution is -0.123. The number of amides is 1. The Labute approximate surface area is 118 Å². The summed E-state index contributed by atoms with van der Waals surface area (Å²) in [6, 6.07) is 1.69. The number of nitrogens with one attached hydrogen (secondary N) is 1. The Hall–Kier alpha value is -1.62. The van der Waals surface area contributed by atoms with Crippen LogP contribution in [0.4, 0.5) is 5.82 Å². The number of anilines is 1. The van der Waals surface area contributed by atoms with Gasteiger partial charge in [0.05, 0.1) is 0 Å². The maximum atomic E-state index is 11.9. The van der Waals surface area contributed by atoms with Crippen molar-refractivity contribution in [1.82, 2.24) is 15.1 Å². The first-order chi connectivity index (χ1) is 8.70. The molecule has 0 atom stereocenters. The smallest absolute Gasteiger partial charge is 0.230 e. The molecule has 0 aliphatic carbocycles. The van der Waals surface area contributed by atoms with E-state index in [-0.39, 0.29) is 5.91 Å². The van der Waals surface area contributed by atoms with Gasteiger partial charge in [-0.05, 0) is 18.3 Å². The number of rotatable bonds is 3. The molecule has 5 nitrogen and oxygen atoms in total. The highest BCUT2D eigenvalue weighted by atomic mass is 35.5. The van der Waals surface area contributed by atoms with Crippen molar-refractivity contribution in [1.29, 1.82) is 0 Å². The van der Waals surface area contributed by atoms with E-state index in [0.717, 1.165) is 0 Å². The molecule has 104 valence electrons. The molecule has 6 heteroatoms. The van der Waals surface area contributed by atoms with Crippen LogP contribution in [0.15, 0.2) is 12.3 Å². The van der Waals surface area contributed by atoms with Crippen molar-refractivity contribution in [3.63, 3.8) is 0 Å². The van der Waals surface area contributed by atoms with E-state index in [9.17, 15) is 4.79 Å². The second-order valence-corrected chi connectivity index (χ2v) is 5.82. The molecule has 0 aliphatic rings. The Balaban J connectivity index is 2.94. The van der Waals surface area contributed by atoms with Gasteiger partial charge in [0, 0.05) is 25.1 Å². The van der Waals surface area contributed by atoms with Crippen LogP contribution in [0.3, 0.4) is 0 Å². The van der Waals surface area contributed by atoms with Crippen molar-refractivity contribution in [2.24, 2.45) is 5.41 Å². The summed E-state index contributed by atoms with van der Waals surface area (Å²) >= 11 is 5.95. The van der Waals surface area contributed by atoms with E-state index in [1.165, 1.54) is 0 Å². The number of carbonyl (C=O) groups is 1. The van der Waals surface area contributed by atoms with Gasteiger partial charge in [0.1, 0.15) is 0 Å². The van der Waals surface area contributed by atoms with Crippen molar-refractivity contribution < 1.29 is 4.79 Å². The van der Waals surface area contributed by atoms with Crippen molar-refractivity contribution in [3.8, 4) is 0 Å². The monoisotopic (exact) mass is 282 g/mol. The third kappa shape index (κ3) is 4.87. The SMILES string of the molecule is CN(C)/C=C/c1cc(NC(=O)C(C)(C)C)nnc1Cl. The van der Waals surface area contributed by atoms with Gasteiger partial charge in [-0.25, -0.2) is 0 Å². The van der Waals surface area contributed by atoms with E-state index in [2.05, 4.69) is 15.5 Å². The molecule has 0 radical (unpaired) electrons. The van der Waals surface area contributed by atoms with Gasteiger partial charge < -0.3 is 10.2 Å². The van der Waals surface area contributed by atoms with E-state index >= 15 is 0 Å². The number of hydrogen-bond acceptors (Lipinski definition) is 4. The molecule has 0 bridgehead atoms. The van der Waals surface area contributed by atoms with Gasteiger partial charge in [-0.15, -0.1) is 10.2 Å². The lowest BCUT2D eigenvalue weighted by Gasteiger charge is -2.17. The molecule has 19 heavy (non-hydrogen) atoms. The summed E-state index contributed by atoms with van der Waals surface area (Å²) in [7, 11) is 3.81. The minimum atomic E-state index is -0.485. The molecular formula is C13H19ClN4O. The Morgan fingerprint density at radius 3 is 2.53 bits per heavy atom. The predicted octanol–water partition coefficient (Wildman–Crippen LogP) is 2.65. The van der Waals surface area contributed by atoms with Crippen LogP contribution in [0.1, 0.15) is 26.3 Å². The van der Waals surface area contributed by atoms with Gasteiger partial charge in [0.15, 0.2) is 11.0 Å². The van der Waals surface area contributed by atoms with E-state index < -0.39 is 5.41 Å². The number of hydrogen-bond donors (Lipinski definition) is 1. The summed E-state index contributed by atoms with van der Waals surface area (Å²) in [6.07, 6.45) is 3.65. The lowest BCUT2D eigenvalue weighted by Crippen LogP contribution is -2.28. The highest BCUT2D eigenvalue weighted by Gasteiger charge is 2.21. The average Bonchev–Trinajstić information content (AvgIpc) is 2.28. The fourth-order valence-corrected chi connectivity index (χ4v) is 1.26. The number of carbonyl (C=O) groups excluding carboxylic acids is 1. The summed E-state index contributed by atoms with van der Waals surface area (Å²) in [5.41, 5.74) is 0.218. The van der Waals surface area contributed by atoms with E-state index in [1.54, 1.807) is 6.07 Å². The Bertz CT molecular complexity index is 492. The molecule has 1 aromatic rings. The molecule has 1 amide bonds. The maximum Gasteiger partial charge on any atom is 0.230 e. The summed E-state index contributed by atoms with van der Waals surface area (Å²) < 4.78 is 0. The zero-order valence-corrected chi connectivity index (χ0v) is 12.6. The molecule has 1 aromatic heterocycles. The first-order valence-corrected chi connectivity index (χ1v) is 6.27. The second-order valence-electron chi connectivity index (χ2n) is 5.46. The molecule has 0 fully saturated rings. The van der Waals surface area contributed by atoms with Crippen LogP contribution >= 0.6 is 11.6 Å². The predicted molar refractivity (Wildman–Crippen MR) is 77.8 cm³/mol. The number of halogens is 1. The van der Waals surface area contributed by atoms with Gasteiger partial charge in [0.25, 0.3) is 0 Å². The molecule has 1 heterocycles. The Morgan fingerprint density at radius 1 is 1.37 bits per heavy atom. The highest BCUT2D eigenvalue weighted by Crippen LogP contribution is 2.20. The molecule has 0 aliphatic heterocycles. The van der Waals surface area contributed by atoms with Crippen LogP contribution in [0.2, 0.25) is 5.15 Å². The van der Waals surface area contributed by atoms with Gasteiger partial charge in [0.2, 0.25) is 5.91 Å². The standard InChI is InChI=1S/C13H19ClN4O/c1-13(2,3)12(19)15-10-8-9(6-7-18(4)5)11(14)17-16-10/h6-8H,1-5H3,(H,15,16,19)/b7-6+.